The van der Waals surface area contributed by atoms with Crippen molar-refractivity contribution in [3.8, 4) is 0 Å². The van der Waals surface area contributed by atoms with Gasteiger partial charge in [0.2, 0.25) is 5.76 Å². The summed E-state index contributed by atoms with van der Waals surface area (Å²) >= 11 is 0. The number of carboxylic acids is 1. The van der Waals surface area contributed by atoms with Crippen molar-refractivity contribution in [2.45, 2.75) is 0 Å². The molecule has 0 amide bonds. The van der Waals surface area contributed by atoms with E-state index in [1.54, 1.807) is 18.3 Å². The minimum absolute atomic E-state index is 0.560. The molecule has 0 aliphatic heterocycles. The van der Waals surface area contributed by atoms with Crippen LogP contribution < -0.4 is 0 Å². The van der Waals surface area contributed by atoms with E-state index in [0.717, 1.165) is 6.08 Å². The average molecular weight is 153 g/mol. The first-order chi connectivity index (χ1) is 5.20. The molecule has 58 valence electrons. The van der Waals surface area contributed by atoms with Gasteiger partial charge in [0.15, 0.2) is 0 Å². The Morgan fingerprint density at radius 1 is 1.55 bits per heavy atom. The predicted molar refractivity (Wildman–Crippen MR) is 39.0 cm³/mol. The van der Waals surface area contributed by atoms with Gasteiger partial charge in [0.1, 0.15) is 0 Å². The highest BCUT2D eigenvalue weighted by Crippen LogP contribution is 2.00. The quantitative estimate of drug-likeness (QED) is 0.438. The van der Waals surface area contributed by atoms with Crippen molar-refractivity contribution in [1.29, 1.82) is 0 Å². The number of carbonyl (C=O) groups is 1. The Morgan fingerprint density at radius 3 is 2.73 bits per heavy atom. The van der Waals surface area contributed by atoms with Gasteiger partial charge in [0, 0.05) is 18.0 Å². The largest absolute Gasteiger partial charge is 0.502 e. The first-order valence-corrected chi connectivity index (χ1v) is 2.97. The Labute approximate surface area is 62.8 Å². The summed E-state index contributed by atoms with van der Waals surface area (Å²) in [5, 5.41) is 17.0. The topological polar surface area (TPSA) is 73.3 Å². The van der Waals surface area contributed by atoms with Gasteiger partial charge in [-0.3, -0.25) is 0 Å². The van der Waals surface area contributed by atoms with Crippen LogP contribution in [0.15, 0.2) is 24.1 Å². The number of aliphatic carboxylic acids is 1. The van der Waals surface area contributed by atoms with E-state index in [9.17, 15) is 4.79 Å². The fourth-order valence-electron chi connectivity index (χ4n) is 0.643. The van der Waals surface area contributed by atoms with E-state index in [0.29, 0.717) is 5.69 Å². The summed E-state index contributed by atoms with van der Waals surface area (Å²) in [5.74, 6) is -2.01. The lowest BCUT2D eigenvalue weighted by Crippen LogP contribution is -1.98. The Hall–Kier alpha value is -1.71. The predicted octanol–water partition coefficient (Wildman–Crippen LogP) is 0.998. The third-order valence-corrected chi connectivity index (χ3v) is 1.13. The van der Waals surface area contributed by atoms with Crippen LogP contribution in [-0.4, -0.2) is 21.2 Å². The molecule has 4 heteroatoms. The summed E-state index contributed by atoms with van der Waals surface area (Å²) in [4.78, 5) is 12.8. The second-order valence-corrected chi connectivity index (χ2v) is 1.96. The molecule has 0 aromatic carbocycles. The van der Waals surface area contributed by atoms with Crippen molar-refractivity contribution in [2.24, 2.45) is 0 Å². The smallest absolute Gasteiger partial charge is 0.371 e. The molecule has 0 spiro atoms. The Bertz CT molecular complexity index is 274. The summed E-state index contributed by atoms with van der Waals surface area (Å²) in [6, 6.07) is 3.36. The first-order valence-electron chi connectivity index (χ1n) is 2.97. The molecule has 3 N–H and O–H groups in total. The standard InChI is InChI=1S/C7H7NO3/c9-6(7(10)11)4-5-2-1-3-8-5/h1-4,8-9H,(H,10,11). The Morgan fingerprint density at radius 2 is 2.27 bits per heavy atom. The van der Waals surface area contributed by atoms with E-state index in [2.05, 4.69) is 4.98 Å². The molecule has 1 aromatic heterocycles. The average Bonchev–Trinajstić information content (AvgIpc) is 2.39. The Kier molecular flexibility index (Phi) is 1.96. The SMILES string of the molecule is O=C(O)C(O)=Cc1ccc[nH]1. The van der Waals surface area contributed by atoms with E-state index in [1.807, 2.05) is 0 Å². The maximum atomic E-state index is 10.1. The molecule has 0 unspecified atom stereocenters. The van der Waals surface area contributed by atoms with Crippen molar-refractivity contribution in [3.05, 3.63) is 29.8 Å². The van der Waals surface area contributed by atoms with Gasteiger partial charge < -0.3 is 15.2 Å². The minimum atomic E-state index is -1.33. The van der Waals surface area contributed by atoms with Crippen LogP contribution in [0.5, 0.6) is 0 Å². The Balaban J connectivity index is 2.82. The third kappa shape index (κ3) is 1.86. The maximum Gasteiger partial charge on any atom is 0.371 e. The highest BCUT2D eigenvalue weighted by atomic mass is 16.4. The number of aromatic amines is 1. The lowest BCUT2D eigenvalue weighted by atomic mass is 10.3. The number of hydrogen-bond donors (Lipinski definition) is 3. The normalized spacial score (nSPS) is 11.5. The molecule has 0 saturated heterocycles. The fourth-order valence-corrected chi connectivity index (χ4v) is 0.643. The zero-order valence-electron chi connectivity index (χ0n) is 5.61. The molecular weight excluding hydrogens is 146 g/mol. The minimum Gasteiger partial charge on any atom is -0.502 e. The summed E-state index contributed by atoms with van der Waals surface area (Å²) in [7, 11) is 0. The number of nitrogens with one attached hydrogen (secondary N) is 1. The van der Waals surface area contributed by atoms with E-state index in [1.165, 1.54) is 0 Å². The molecule has 1 rings (SSSR count). The zero-order valence-corrected chi connectivity index (χ0v) is 5.61. The maximum absolute atomic E-state index is 10.1. The van der Waals surface area contributed by atoms with Crippen LogP contribution in [0.25, 0.3) is 6.08 Å². The third-order valence-electron chi connectivity index (χ3n) is 1.13. The van der Waals surface area contributed by atoms with Gasteiger partial charge in [0.25, 0.3) is 0 Å². The molecule has 0 saturated carbocycles. The van der Waals surface area contributed by atoms with E-state index >= 15 is 0 Å². The molecule has 1 heterocycles. The molecule has 0 aliphatic carbocycles. The van der Waals surface area contributed by atoms with Crippen LogP contribution in [0.2, 0.25) is 0 Å². The molecular formula is C7H7NO3. The lowest BCUT2D eigenvalue weighted by Gasteiger charge is -1.89. The first kappa shape index (κ1) is 7.40. The molecule has 0 radical (unpaired) electrons. The number of aliphatic hydroxyl groups is 1. The van der Waals surface area contributed by atoms with Crippen LogP contribution in [0.3, 0.4) is 0 Å². The molecule has 0 aliphatic rings. The van der Waals surface area contributed by atoms with Gasteiger partial charge in [-0.15, -0.1) is 0 Å². The van der Waals surface area contributed by atoms with Crippen LogP contribution in [0.4, 0.5) is 0 Å². The van der Waals surface area contributed by atoms with E-state index < -0.39 is 11.7 Å². The van der Waals surface area contributed by atoms with Crippen molar-refractivity contribution >= 4 is 12.0 Å². The molecule has 11 heavy (non-hydrogen) atoms. The van der Waals surface area contributed by atoms with Crippen molar-refractivity contribution in [2.75, 3.05) is 0 Å². The van der Waals surface area contributed by atoms with E-state index in [-0.39, 0.29) is 0 Å². The highest BCUT2D eigenvalue weighted by molar-refractivity contribution is 5.88. The van der Waals surface area contributed by atoms with Gasteiger partial charge in [-0.25, -0.2) is 4.79 Å². The molecule has 1 aromatic rings. The lowest BCUT2D eigenvalue weighted by molar-refractivity contribution is -0.135. The number of carboxylic acid groups (broad SMARTS) is 1. The molecule has 0 bridgehead atoms. The second kappa shape index (κ2) is 2.92. The van der Waals surface area contributed by atoms with Crippen LogP contribution in [0.1, 0.15) is 5.69 Å². The van der Waals surface area contributed by atoms with Gasteiger partial charge in [0.05, 0.1) is 0 Å². The number of rotatable bonds is 2. The fraction of sp³-hybridized carbons (Fsp3) is 0. The summed E-state index contributed by atoms with van der Waals surface area (Å²) in [6.07, 6.45) is 2.78. The van der Waals surface area contributed by atoms with Crippen molar-refractivity contribution in [3.63, 3.8) is 0 Å². The van der Waals surface area contributed by atoms with Gasteiger partial charge in [-0.1, -0.05) is 0 Å². The molecule has 4 nitrogen and oxygen atoms in total. The second-order valence-electron chi connectivity index (χ2n) is 1.96. The van der Waals surface area contributed by atoms with Crippen molar-refractivity contribution in [1.82, 2.24) is 4.98 Å². The van der Waals surface area contributed by atoms with Crippen LogP contribution in [-0.2, 0) is 4.79 Å². The van der Waals surface area contributed by atoms with E-state index in [4.69, 9.17) is 10.2 Å². The summed E-state index contributed by atoms with van der Waals surface area (Å²) < 4.78 is 0. The number of aromatic nitrogens is 1. The summed E-state index contributed by atoms with van der Waals surface area (Å²) in [5.41, 5.74) is 0.560. The van der Waals surface area contributed by atoms with Gasteiger partial charge >= 0.3 is 5.97 Å². The van der Waals surface area contributed by atoms with Gasteiger partial charge in [-0.2, -0.15) is 0 Å². The molecule has 0 fully saturated rings. The van der Waals surface area contributed by atoms with Crippen LogP contribution >= 0.6 is 0 Å². The monoisotopic (exact) mass is 153 g/mol. The number of aliphatic hydroxyl groups excluding tert-OH is 1. The van der Waals surface area contributed by atoms with Gasteiger partial charge in [-0.05, 0) is 12.1 Å². The number of hydrogen-bond acceptors (Lipinski definition) is 2. The zero-order chi connectivity index (χ0) is 8.27. The van der Waals surface area contributed by atoms with Crippen LogP contribution in [0, 0.1) is 0 Å². The summed E-state index contributed by atoms with van der Waals surface area (Å²) in [6.45, 7) is 0. The number of H-pyrrole nitrogens is 1. The highest BCUT2D eigenvalue weighted by Gasteiger charge is 2.02. The molecule has 0 atom stereocenters. The van der Waals surface area contributed by atoms with Crippen molar-refractivity contribution < 1.29 is 15.0 Å².